The van der Waals surface area contributed by atoms with Gasteiger partial charge in [-0.1, -0.05) is 18.2 Å². The van der Waals surface area contributed by atoms with Gasteiger partial charge in [0.15, 0.2) is 18.3 Å². The molecular formula is C16H18O4. The summed E-state index contributed by atoms with van der Waals surface area (Å²) in [5, 5.41) is 9.77. The van der Waals surface area contributed by atoms with Crippen molar-refractivity contribution in [3.63, 3.8) is 0 Å². The molecule has 0 saturated carbocycles. The standard InChI is InChI=1S/C16H18O4/c1-12-6-7-16(15(17)8-12)19-10-13-4-3-5-14(9-13)20-11-18-2/h3-9,17H,10-11H2,1-2H3. The number of phenolic OH excluding ortho intramolecular Hbond substituents is 1. The fourth-order valence-corrected chi connectivity index (χ4v) is 1.76. The predicted molar refractivity (Wildman–Crippen MR) is 76.1 cm³/mol. The van der Waals surface area contributed by atoms with Crippen molar-refractivity contribution in [2.75, 3.05) is 13.9 Å². The normalized spacial score (nSPS) is 10.3. The van der Waals surface area contributed by atoms with E-state index in [1.165, 1.54) is 0 Å². The molecule has 1 N–H and O–H groups in total. The molecule has 0 saturated heterocycles. The maximum atomic E-state index is 9.77. The van der Waals surface area contributed by atoms with Crippen molar-refractivity contribution in [3.05, 3.63) is 53.6 Å². The maximum Gasteiger partial charge on any atom is 0.188 e. The summed E-state index contributed by atoms with van der Waals surface area (Å²) >= 11 is 0. The van der Waals surface area contributed by atoms with Crippen LogP contribution in [0.3, 0.4) is 0 Å². The molecule has 4 nitrogen and oxygen atoms in total. The van der Waals surface area contributed by atoms with Crippen LogP contribution >= 0.6 is 0 Å². The summed E-state index contributed by atoms with van der Waals surface area (Å²) in [6.07, 6.45) is 0. The molecule has 2 aromatic carbocycles. The van der Waals surface area contributed by atoms with Gasteiger partial charge in [-0.25, -0.2) is 0 Å². The third-order valence-corrected chi connectivity index (χ3v) is 2.75. The lowest BCUT2D eigenvalue weighted by molar-refractivity contribution is 0.0510. The van der Waals surface area contributed by atoms with Crippen LogP contribution in [0.1, 0.15) is 11.1 Å². The fraction of sp³-hybridized carbons (Fsp3) is 0.250. The highest BCUT2D eigenvalue weighted by molar-refractivity contribution is 5.41. The highest BCUT2D eigenvalue weighted by atomic mass is 16.7. The van der Waals surface area contributed by atoms with Gasteiger partial charge in [0.1, 0.15) is 12.4 Å². The first kappa shape index (κ1) is 14.2. The third-order valence-electron chi connectivity index (χ3n) is 2.75. The number of aryl methyl sites for hydroxylation is 1. The van der Waals surface area contributed by atoms with Crippen molar-refractivity contribution in [2.24, 2.45) is 0 Å². The van der Waals surface area contributed by atoms with Gasteiger partial charge in [-0.05, 0) is 42.3 Å². The van der Waals surface area contributed by atoms with Crippen LogP contribution < -0.4 is 9.47 Å². The zero-order valence-corrected chi connectivity index (χ0v) is 11.6. The molecule has 0 radical (unpaired) electrons. The Hall–Kier alpha value is -2.20. The van der Waals surface area contributed by atoms with E-state index in [2.05, 4.69) is 0 Å². The van der Waals surface area contributed by atoms with E-state index in [4.69, 9.17) is 14.2 Å². The van der Waals surface area contributed by atoms with E-state index < -0.39 is 0 Å². The molecule has 0 fully saturated rings. The van der Waals surface area contributed by atoms with E-state index in [0.717, 1.165) is 16.9 Å². The summed E-state index contributed by atoms with van der Waals surface area (Å²) in [6.45, 7) is 2.49. The number of benzene rings is 2. The van der Waals surface area contributed by atoms with Crippen molar-refractivity contribution < 1.29 is 19.3 Å². The minimum absolute atomic E-state index is 0.150. The quantitative estimate of drug-likeness (QED) is 0.821. The zero-order valence-electron chi connectivity index (χ0n) is 11.6. The van der Waals surface area contributed by atoms with Crippen LogP contribution in [0, 0.1) is 6.92 Å². The molecule has 0 amide bonds. The Bertz CT molecular complexity index is 566. The van der Waals surface area contributed by atoms with E-state index in [0.29, 0.717) is 12.4 Å². The molecule has 2 rings (SSSR count). The van der Waals surface area contributed by atoms with Gasteiger partial charge in [-0.2, -0.15) is 0 Å². The van der Waals surface area contributed by atoms with Gasteiger partial charge in [0.05, 0.1) is 0 Å². The third kappa shape index (κ3) is 3.90. The van der Waals surface area contributed by atoms with Crippen molar-refractivity contribution in [1.82, 2.24) is 0 Å². The predicted octanol–water partition coefficient (Wildman–Crippen LogP) is 3.26. The van der Waals surface area contributed by atoms with Gasteiger partial charge < -0.3 is 19.3 Å². The molecule has 20 heavy (non-hydrogen) atoms. The van der Waals surface area contributed by atoms with Crippen LogP contribution in [0.4, 0.5) is 0 Å². The first-order valence-electron chi connectivity index (χ1n) is 6.32. The molecule has 0 bridgehead atoms. The molecule has 0 aromatic heterocycles. The number of ether oxygens (including phenoxy) is 3. The van der Waals surface area contributed by atoms with Crippen LogP contribution in [0.2, 0.25) is 0 Å². The van der Waals surface area contributed by atoms with Gasteiger partial charge in [0, 0.05) is 7.11 Å². The minimum atomic E-state index is 0.150. The summed E-state index contributed by atoms with van der Waals surface area (Å²) < 4.78 is 15.8. The van der Waals surface area contributed by atoms with E-state index >= 15 is 0 Å². The molecule has 4 heteroatoms. The number of rotatable bonds is 6. The molecule has 106 valence electrons. The second-order valence-electron chi connectivity index (χ2n) is 4.46. The van der Waals surface area contributed by atoms with Crippen molar-refractivity contribution >= 4 is 0 Å². The minimum Gasteiger partial charge on any atom is -0.504 e. The second kappa shape index (κ2) is 6.82. The van der Waals surface area contributed by atoms with E-state index in [-0.39, 0.29) is 12.5 Å². The van der Waals surface area contributed by atoms with E-state index in [1.807, 2.05) is 37.3 Å². The Labute approximate surface area is 118 Å². The smallest absolute Gasteiger partial charge is 0.188 e. The topological polar surface area (TPSA) is 47.9 Å². The first-order chi connectivity index (χ1) is 9.69. The van der Waals surface area contributed by atoms with Gasteiger partial charge in [-0.3, -0.25) is 0 Å². The molecule has 0 spiro atoms. The van der Waals surface area contributed by atoms with Crippen LogP contribution in [0.25, 0.3) is 0 Å². The summed E-state index contributed by atoms with van der Waals surface area (Å²) in [6, 6.07) is 12.9. The van der Waals surface area contributed by atoms with Crippen molar-refractivity contribution in [2.45, 2.75) is 13.5 Å². The van der Waals surface area contributed by atoms with Crippen LogP contribution in [0.15, 0.2) is 42.5 Å². The Morgan fingerprint density at radius 2 is 1.90 bits per heavy atom. The summed E-state index contributed by atoms with van der Waals surface area (Å²) in [5.74, 6) is 1.34. The first-order valence-corrected chi connectivity index (χ1v) is 6.32. The van der Waals surface area contributed by atoms with Crippen LogP contribution in [-0.2, 0) is 11.3 Å². The Balaban J connectivity index is 1.99. The largest absolute Gasteiger partial charge is 0.504 e. The molecule has 0 aliphatic heterocycles. The summed E-state index contributed by atoms with van der Waals surface area (Å²) in [5.41, 5.74) is 1.95. The van der Waals surface area contributed by atoms with Crippen molar-refractivity contribution in [3.8, 4) is 17.2 Å². The van der Waals surface area contributed by atoms with E-state index in [1.54, 1.807) is 19.2 Å². The van der Waals surface area contributed by atoms with Gasteiger partial charge in [0.2, 0.25) is 0 Å². The Morgan fingerprint density at radius 3 is 2.65 bits per heavy atom. The lowest BCUT2D eigenvalue weighted by atomic mass is 10.2. The number of hydrogen-bond donors (Lipinski definition) is 1. The van der Waals surface area contributed by atoms with Crippen LogP contribution in [0.5, 0.6) is 17.2 Å². The summed E-state index contributed by atoms with van der Waals surface area (Å²) in [7, 11) is 1.58. The highest BCUT2D eigenvalue weighted by Crippen LogP contribution is 2.27. The lowest BCUT2D eigenvalue weighted by Crippen LogP contribution is -2.00. The van der Waals surface area contributed by atoms with Gasteiger partial charge in [0.25, 0.3) is 0 Å². The number of phenols is 1. The van der Waals surface area contributed by atoms with Crippen LogP contribution in [-0.4, -0.2) is 19.0 Å². The molecule has 0 unspecified atom stereocenters. The Morgan fingerprint density at radius 1 is 1.05 bits per heavy atom. The monoisotopic (exact) mass is 274 g/mol. The molecule has 0 heterocycles. The molecule has 0 atom stereocenters. The molecule has 0 aliphatic rings. The molecular weight excluding hydrogens is 256 g/mol. The fourth-order valence-electron chi connectivity index (χ4n) is 1.76. The van der Waals surface area contributed by atoms with E-state index in [9.17, 15) is 5.11 Å². The van der Waals surface area contributed by atoms with Gasteiger partial charge >= 0.3 is 0 Å². The zero-order chi connectivity index (χ0) is 14.4. The molecule has 0 aliphatic carbocycles. The number of hydrogen-bond acceptors (Lipinski definition) is 4. The van der Waals surface area contributed by atoms with Crippen molar-refractivity contribution in [1.29, 1.82) is 0 Å². The lowest BCUT2D eigenvalue weighted by Gasteiger charge is -2.10. The van der Waals surface area contributed by atoms with Gasteiger partial charge in [-0.15, -0.1) is 0 Å². The second-order valence-corrected chi connectivity index (χ2v) is 4.46. The highest BCUT2D eigenvalue weighted by Gasteiger charge is 2.03. The SMILES string of the molecule is COCOc1cccc(COc2ccc(C)cc2O)c1. The number of aromatic hydroxyl groups is 1. The summed E-state index contributed by atoms with van der Waals surface area (Å²) in [4.78, 5) is 0. The average Bonchev–Trinajstić information content (AvgIpc) is 2.45. The molecule has 2 aromatic rings. The Kier molecular flexibility index (Phi) is 4.85. The number of methoxy groups -OCH3 is 1. The maximum absolute atomic E-state index is 9.77. The average molecular weight is 274 g/mol.